The maximum Gasteiger partial charge on any atom is 0.394 e. The van der Waals surface area contributed by atoms with E-state index in [0.29, 0.717) is 12.8 Å². The monoisotopic (exact) mass is 219 g/mol. The van der Waals surface area contributed by atoms with Gasteiger partial charge in [0.2, 0.25) is 0 Å². The second-order valence-electron chi connectivity index (χ2n) is 6.10. The van der Waals surface area contributed by atoms with Crippen LogP contribution in [0.3, 0.4) is 0 Å². The number of nitrogens with two attached hydrogens (primary N) is 1. The Morgan fingerprint density at radius 3 is 1.93 bits per heavy atom. The van der Waals surface area contributed by atoms with Crippen LogP contribution in [0.15, 0.2) is 0 Å². The lowest BCUT2D eigenvalue weighted by Crippen LogP contribution is -2.63. The van der Waals surface area contributed by atoms with E-state index in [-0.39, 0.29) is 18.3 Å². The molecule has 0 spiro atoms. The van der Waals surface area contributed by atoms with Crippen molar-refractivity contribution in [1.82, 2.24) is 0 Å². The Hall–Kier alpha value is -0.250. The summed E-state index contributed by atoms with van der Waals surface area (Å²) in [5.41, 5.74) is 4.18. The highest BCUT2D eigenvalue weighted by Crippen LogP contribution is 2.65. The van der Waals surface area contributed by atoms with E-state index in [4.69, 9.17) is 5.73 Å². The molecule has 0 amide bonds. The third kappa shape index (κ3) is 1.26. The lowest BCUT2D eigenvalue weighted by molar-refractivity contribution is -0.275. The summed E-state index contributed by atoms with van der Waals surface area (Å²) >= 11 is 0. The summed E-state index contributed by atoms with van der Waals surface area (Å²) in [4.78, 5) is 0. The van der Waals surface area contributed by atoms with E-state index in [0.717, 1.165) is 19.3 Å². The van der Waals surface area contributed by atoms with Crippen molar-refractivity contribution in [3.8, 4) is 0 Å². The lowest BCUT2D eigenvalue weighted by Gasteiger charge is -2.61. The molecule has 4 saturated carbocycles. The highest BCUT2D eigenvalue weighted by atomic mass is 19.4. The van der Waals surface area contributed by atoms with Crippen LogP contribution in [0.2, 0.25) is 0 Å². The minimum atomic E-state index is -4.05. The van der Waals surface area contributed by atoms with E-state index in [2.05, 4.69) is 0 Å². The molecule has 0 aromatic rings. The summed E-state index contributed by atoms with van der Waals surface area (Å²) < 4.78 is 39.3. The third-order valence-electron chi connectivity index (χ3n) is 4.71. The minimum absolute atomic E-state index is 0.177. The Morgan fingerprint density at radius 2 is 1.53 bits per heavy atom. The zero-order valence-corrected chi connectivity index (χ0v) is 8.61. The van der Waals surface area contributed by atoms with Crippen molar-refractivity contribution in [2.45, 2.75) is 50.2 Å². The first-order valence-electron chi connectivity index (χ1n) is 5.68. The fourth-order valence-electron chi connectivity index (χ4n) is 4.67. The summed E-state index contributed by atoms with van der Waals surface area (Å²) in [6.07, 6.45) is -0.566. The van der Waals surface area contributed by atoms with Gasteiger partial charge in [0.05, 0.1) is 5.41 Å². The largest absolute Gasteiger partial charge is 0.394 e. The molecule has 0 aromatic carbocycles. The second kappa shape index (κ2) is 2.53. The molecule has 4 fully saturated rings. The van der Waals surface area contributed by atoms with E-state index in [1.54, 1.807) is 0 Å². The molecule has 0 aliphatic heterocycles. The summed E-state index contributed by atoms with van der Waals surface area (Å²) in [6, 6.07) is 0. The Labute approximate surface area is 87.2 Å². The van der Waals surface area contributed by atoms with Crippen LogP contribution in [-0.4, -0.2) is 11.7 Å². The Bertz CT molecular complexity index is 283. The first-order valence-corrected chi connectivity index (χ1v) is 5.68. The van der Waals surface area contributed by atoms with Gasteiger partial charge in [0.25, 0.3) is 0 Å². The van der Waals surface area contributed by atoms with Crippen molar-refractivity contribution >= 4 is 0 Å². The van der Waals surface area contributed by atoms with Gasteiger partial charge in [-0.25, -0.2) is 0 Å². The van der Waals surface area contributed by atoms with E-state index >= 15 is 0 Å². The summed E-state index contributed by atoms with van der Waals surface area (Å²) in [5.74, 6) is 0.468. The van der Waals surface area contributed by atoms with Crippen molar-refractivity contribution in [3.05, 3.63) is 0 Å². The zero-order valence-electron chi connectivity index (χ0n) is 8.61. The quantitative estimate of drug-likeness (QED) is 0.666. The van der Waals surface area contributed by atoms with Gasteiger partial charge in [-0.1, -0.05) is 0 Å². The molecular formula is C11H16F3N. The van der Waals surface area contributed by atoms with Crippen molar-refractivity contribution in [2.75, 3.05) is 0 Å². The Balaban J connectivity index is 2.00. The Morgan fingerprint density at radius 1 is 1.00 bits per heavy atom. The number of rotatable bonds is 0. The maximum absolute atomic E-state index is 13.1. The van der Waals surface area contributed by atoms with Crippen LogP contribution in [0.4, 0.5) is 13.2 Å². The molecule has 4 aliphatic rings. The molecule has 15 heavy (non-hydrogen) atoms. The van der Waals surface area contributed by atoms with Crippen LogP contribution in [0.1, 0.15) is 38.5 Å². The summed E-state index contributed by atoms with van der Waals surface area (Å²) in [6.45, 7) is 0. The fourth-order valence-corrected chi connectivity index (χ4v) is 4.67. The second-order valence-corrected chi connectivity index (χ2v) is 6.10. The number of hydrogen-bond donors (Lipinski definition) is 1. The van der Waals surface area contributed by atoms with E-state index in [9.17, 15) is 13.2 Å². The average molecular weight is 219 g/mol. The third-order valence-corrected chi connectivity index (χ3v) is 4.71. The van der Waals surface area contributed by atoms with Crippen LogP contribution in [0.25, 0.3) is 0 Å². The predicted molar refractivity (Wildman–Crippen MR) is 50.1 cm³/mol. The topological polar surface area (TPSA) is 26.0 Å². The van der Waals surface area contributed by atoms with Crippen LogP contribution in [0, 0.1) is 17.3 Å². The molecule has 4 aliphatic carbocycles. The molecule has 4 bridgehead atoms. The van der Waals surface area contributed by atoms with Gasteiger partial charge in [0.1, 0.15) is 0 Å². The molecule has 0 saturated heterocycles. The van der Waals surface area contributed by atoms with Gasteiger partial charge in [-0.2, -0.15) is 13.2 Å². The maximum atomic E-state index is 13.1. The average Bonchev–Trinajstić information content (AvgIpc) is 1.95. The SMILES string of the molecule is NC12C[C@H]3C[C@H](C1)CC(C(F)(F)F)(C3)C2. The number of halogens is 3. The van der Waals surface area contributed by atoms with E-state index in [1.807, 2.05) is 0 Å². The van der Waals surface area contributed by atoms with Gasteiger partial charge in [-0.05, 0) is 50.4 Å². The number of hydrogen-bond acceptors (Lipinski definition) is 1. The first kappa shape index (κ1) is 9.94. The predicted octanol–water partition coefficient (Wildman–Crippen LogP) is 2.85. The van der Waals surface area contributed by atoms with Crippen molar-refractivity contribution in [2.24, 2.45) is 23.0 Å². The highest BCUT2D eigenvalue weighted by molar-refractivity contribution is 5.12. The number of alkyl halides is 3. The van der Waals surface area contributed by atoms with Gasteiger partial charge in [0, 0.05) is 5.54 Å². The zero-order chi connectivity index (χ0) is 10.9. The molecule has 4 rings (SSSR count). The van der Waals surface area contributed by atoms with Gasteiger partial charge >= 0.3 is 6.18 Å². The normalized spacial score (nSPS) is 53.6. The molecule has 4 heteroatoms. The molecule has 86 valence electrons. The summed E-state index contributed by atoms with van der Waals surface area (Å²) in [5, 5.41) is 0. The van der Waals surface area contributed by atoms with Gasteiger partial charge < -0.3 is 5.73 Å². The van der Waals surface area contributed by atoms with Gasteiger partial charge in [-0.15, -0.1) is 0 Å². The Kier molecular flexibility index (Phi) is 1.67. The molecular weight excluding hydrogens is 203 g/mol. The standard InChI is InChI=1S/C11H16F3N/c12-11(13,14)9-2-7-1-8(3-9)5-10(15,4-7)6-9/h7-8H,1-6,15H2/t7-,8-,9?,10?/m0/s1. The first-order chi connectivity index (χ1) is 6.82. The molecule has 0 aromatic heterocycles. The van der Waals surface area contributed by atoms with Crippen LogP contribution < -0.4 is 5.73 Å². The van der Waals surface area contributed by atoms with Crippen LogP contribution in [0.5, 0.6) is 0 Å². The van der Waals surface area contributed by atoms with Crippen LogP contribution >= 0.6 is 0 Å². The minimum Gasteiger partial charge on any atom is -0.325 e. The molecule has 1 nitrogen and oxygen atoms in total. The van der Waals surface area contributed by atoms with E-state index < -0.39 is 17.1 Å². The van der Waals surface area contributed by atoms with Crippen molar-refractivity contribution < 1.29 is 13.2 Å². The molecule has 0 unspecified atom stereocenters. The molecule has 0 radical (unpaired) electrons. The van der Waals surface area contributed by atoms with Gasteiger partial charge in [-0.3, -0.25) is 0 Å². The highest BCUT2D eigenvalue weighted by Gasteiger charge is 2.66. The van der Waals surface area contributed by atoms with Crippen molar-refractivity contribution in [3.63, 3.8) is 0 Å². The van der Waals surface area contributed by atoms with E-state index in [1.165, 1.54) is 0 Å². The molecule has 2 N–H and O–H groups in total. The van der Waals surface area contributed by atoms with Crippen LogP contribution in [-0.2, 0) is 0 Å². The lowest BCUT2D eigenvalue weighted by atomic mass is 9.47. The fraction of sp³-hybridized carbons (Fsp3) is 1.00. The molecule has 2 atom stereocenters. The van der Waals surface area contributed by atoms with Crippen molar-refractivity contribution in [1.29, 1.82) is 0 Å². The smallest absolute Gasteiger partial charge is 0.325 e. The molecule has 0 heterocycles. The summed E-state index contributed by atoms with van der Waals surface area (Å²) in [7, 11) is 0. The van der Waals surface area contributed by atoms with Gasteiger partial charge in [0.15, 0.2) is 0 Å².